The number of nitrogens with zero attached hydrogens (tertiary/aromatic N) is 1. The quantitative estimate of drug-likeness (QED) is 0.0223. The van der Waals surface area contributed by atoms with Crippen LogP contribution >= 0.6 is 0 Å². The van der Waals surface area contributed by atoms with Crippen molar-refractivity contribution in [3.05, 3.63) is 203 Å². The van der Waals surface area contributed by atoms with Crippen LogP contribution < -0.4 is 9.64 Å². The smallest absolute Gasteiger partial charge is 0.344 e. The van der Waals surface area contributed by atoms with Crippen LogP contribution in [0.1, 0.15) is 278 Å². The number of rotatable bonds is 36. The number of benzene rings is 8. The van der Waals surface area contributed by atoms with E-state index in [9.17, 15) is 4.79 Å². The molecule has 8 aromatic rings. The first-order valence-corrected chi connectivity index (χ1v) is 36.0. The van der Waals surface area contributed by atoms with Gasteiger partial charge in [0.15, 0.2) is 0 Å². The molecule has 0 amide bonds. The number of carbonyl (C=O) groups is 1. The average molecular weight is 1190 g/mol. The van der Waals surface area contributed by atoms with E-state index in [2.05, 4.69) is 199 Å². The molecule has 0 bridgehead atoms. The number of hydrogen-bond donors (Lipinski definition) is 0. The van der Waals surface area contributed by atoms with Crippen molar-refractivity contribution >= 4 is 33.8 Å². The van der Waals surface area contributed by atoms with Gasteiger partial charge in [0, 0.05) is 27.6 Å². The predicted octanol–water partition coefficient (Wildman–Crippen LogP) is 26.4. The average Bonchev–Trinajstić information content (AvgIpc) is 1.62. The Morgan fingerprint density at radius 2 is 0.820 bits per heavy atom. The SMILES string of the molecule is CCCCCCCCC1(CCCCCCCC)c2ccccc2-c2ccc(N(c3ccc4c(c3)C(CCCCCCCC)(CCCCCCCC)c3ccccc3-4)c3ccc(C(=O)Oc4ccc(-c5cc(C(C)C)ccc5CC)cc4)c4ccccc34)cc21. The molecule has 3 heteroatoms. The summed E-state index contributed by atoms with van der Waals surface area (Å²) in [5.41, 5.74) is 20.5. The lowest BCUT2D eigenvalue weighted by atomic mass is 9.70. The topological polar surface area (TPSA) is 29.5 Å². The van der Waals surface area contributed by atoms with Crippen molar-refractivity contribution in [2.45, 2.75) is 251 Å². The van der Waals surface area contributed by atoms with E-state index in [1.165, 1.54) is 227 Å². The summed E-state index contributed by atoms with van der Waals surface area (Å²) >= 11 is 0. The van der Waals surface area contributed by atoms with Crippen LogP contribution in [0.3, 0.4) is 0 Å². The summed E-state index contributed by atoms with van der Waals surface area (Å²) in [6.45, 7) is 16.0. The van der Waals surface area contributed by atoms with Gasteiger partial charge >= 0.3 is 5.97 Å². The summed E-state index contributed by atoms with van der Waals surface area (Å²) in [6.07, 6.45) is 36.5. The molecule has 8 aromatic carbocycles. The van der Waals surface area contributed by atoms with Crippen LogP contribution in [0.15, 0.2) is 164 Å². The number of anilines is 3. The molecule has 0 atom stereocenters. The van der Waals surface area contributed by atoms with Crippen LogP contribution in [0, 0.1) is 0 Å². The second-order valence-corrected chi connectivity index (χ2v) is 27.1. The monoisotopic (exact) mass is 1190 g/mol. The first-order valence-electron chi connectivity index (χ1n) is 36.0. The number of esters is 1. The van der Waals surface area contributed by atoms with Gasteiger partial charge in [-0.1, -0.05) is 318 Å². The summed E-state index contributed by atoms with van der Waals surface area (Å²) in [7, 11) is 0. The number of fused-ring (bicyclic) bond motifs is 7. The third kappa shape index (κ3) is 14.7. The number of hydrogen-bond acceptors (Lipinski definition) is 3. The Hall–Kier alpha value is -6.71. The molecule has 0 fully saturated rings. The van der Waals surface area contributed by atoms with Gasteiger partial charge in [0.1, 0.15) is 5.75 Å². The van der Waals surface area contributed by atoms with E-state index >= 15 is 0 Å². The van der Waals surface area contributed by atoms with Crippen molar-refractivity contribution < 1.29 is 9.53 Å². The molecule has 3 nitrogen and oxygen atoms in total. The minimum absolute atomic E-state index is 0.0869. The molecule has 10 rings (SSSR count). The molecule has 89 heavy (non-hydrogen) atoms. The van der Waals surface area contributed by atoms with Gasteiger partial charge in [0.25, 0.3) is 0 Å². The van der Waals surface area contributed by atoms with Crippen molar-refractivity contribution in [2.75, 3.05) is 4.90 Å². The van der Waals surface area contributed by atoms with Crippen LogP contribution in [0.4, 0.5) is 17.1 Å². The van der Waals surface area contributed by atoms with Crippen molar-refractivity contribution in [1.29, 1.82) is 0 Å². The summed E-state index contributed by atoms with van der Waals surface area (Å²) in [6, 6.07) is 61.9. The van der Waals surface area contributed by atoms with Gasteiger partial charge in [-0.3, -0.25) is 0 Å². The fourth-order valence-electron chi connectivity index (χ4n) is 15.8. The van der Waals surface area contributed by atoms with Crippen LogP contribution in [0.2, 0.25) is 0 Å². The molecule has 0 heterocycles. The molecular formula is C86H107NO2. The Morgan fingerprint density at radius 1 is 0.393 bits per heavy atom. The molecule has 0 unspecified atom stereocenters. The van der Waals surface area contributed by atoms with Crippen LogP contribution in [0.25, 0.3) is 44.2 Å². The number of aryl methyl sites for hydroxylation is 1. The van der Waals surface area contributed by atoms with E-state index in [-0.39, 0.29) is 16.8 Å². The van der Waals surface area contributed by atoms with Gasteiger partial charge in [-0.05, 0) is 159 Å². The zero-order valence-electron chi connectivity index (χ0n) is 55.9. The molecule has 0 aliphatic heterocycles. The van der Waals surface area contributed by atoms with E-state index in [1.807, 2.05) is 18.2 Å². The Kier molecular flexibility index (Phi) is 23.3. The molecule has 2 aliphatic carbocycles. The highest BCUT2D eigenvalue weighted by Gasteiger charge is 2.44. The first kappa shape index (κ1) is 65.2. The fourth-order valence-corrected chi connectivity index (χ4v) is 15.8. The maximum atomic E-state index is 14.8. The number of carbonyl (C=O) groups excluding carboxylic acids is 1. The van der Waals surface area contributed by atoms with Crippen molar-refractivity contribution in [3.8, 4) is 39.1 Å². The predicted molar refractivity (Wildman–Crippen MR) is 383 cm³/mol. The molecule has 2 aliphatic rings. The van der Waals surface area contributed by atoms with Gasteiger partial charge in [-0.15, -0.1) is 0 Å². The molecular weight excluding hydrogens is 1080 g/mol. The van der Waals surface area contributed by atoms with Gasteiger partial charge in [0.2, 0.25) is 0 Å². The second-order valence-electron chi connectivity index (χ2n) is 27.1. The summed E-state index contributed by atoms with van der Waals surface area (Å²) in [4.78, 5) is 17.4. The van der Waals surface area contributed by atoms with E-state index < -0.39 is 0 Å². The lowest BCUT2D eigenvalue weighted by Crippen LogP contribution is -2.26. The highest BCUT2D eigenvalue weighted by molar-refractivity contribution is 6.10. The molecule has 468 valence electrons. The van der Waals surface area contributed by atoms with Crippen LogP contribution in [-0.2, 0) is 17.3 Å². The largest absolute Gasteiger partial charge is 0.423 e. The number of unbranched alkanes of at least 4 members (excludes halogenated alkanes) is 20. The van der Waals surface area contributed by atoms with Gasteiger partial charge < -0.3 is 9.64 Å². The zero-order chi connectivity index (χ0) is 62.0. The van der Waals surface area contributed by atoms with Crippen molar-refractivity contribution in [3.63, 3.8) is 0 Å². The molecule has 0 spiro atoms. The van der Waals surface area contributed by atoms with E-state index in [0.29, 0.717) is 17.2 Å². The second kappa shape index (κ2) is 31.8. The molecule has 0 saturated heterocycles. The summed E-state index contributed by atoms with van der Waals surface area (Å²) in [5, 5.41) is 1.91. The Balaban J connectivity index is 1.11. The third-order valence-electron chi connectivity index (χ3n) is 20.8. The van der Waals surface area contributed by atoms with Gasteiger partial charge in [-0.2, -0.15) is 0 Å². The maximum absolute atomic E-state index is 14.8. The Morgan fingerprint density at radius 3 is 1.28 bits per heavy atom. The van der Waals surface area contributed by atoms with Crippen molar-refractivity contribution in [1.82, 2.24) is 0 Å². The van der Waals surface area contributed by atoms with E-state index in [0.717, 1.165) is 54.1 Å². The normalized spacial score (nSPS) is 13.4. The third-order valence-corrected chi connectivity index (χ3v) is 20.8. The Bertz CT molecular complexity index is 3400. The van der Waals surface area contributed by atoms with Crippen LogP contribution in [0.5, 0.6) is 5.75 Å². The first-order chi connectivity index (χ1) is 43.7. The van der Waals surface area contributed by atoms with E-state index in [1.54, 1.807) is 0 Å². The number of ether oxygens (including phenoxy) is 1. The van der Waals surface area contributed by atoms with E-state index in [4.69, 9.17) is 4.74 Å². The van der Waals surface area contributed by atoms with Gasteiger partial charge in [0.05, 0.1) is 11.3 Å². The molecule has 0 saturated carbocycles. The van der Waals surface area contributed by atoms with Crippen molar-refractivity contribution in [2.24, 2.45) is 0 Å². The molecule has 0 N–H and O–H groups in total. The maximum Gasteiger partial charge on any atom is 0.344 e. The lowest BCUT2D eigenvalue weighted by molar-refractivity contribution is 0.0737. The molecule has 0 aromatic heterocycles. The highest BCUT2D eigenvalue weighted by atomic mass is 16.5. The summed E-state index contributed by atoms with van der Waals surface area (Å²) < 4.78 is 6.38. The van der Waals surface area contributed by atoms with Crippen LogP contribution in [-0.4, -0.2) is 5.97 Å². The lowest BCUT2D eigenvalue weighted by Gasteiger charge is -2.35. The molecule has 0 radical (unpaired) electrons. The van der Waals surface area contributed by atoms with Gasteiger partial charge in [-0.25, -0.2) is 4.79 Å². The highest BCUT2D eigenvalue weighted by Crippen LogP contribution is 2.58. The summed E-state index contributed by atoms with van der Waals surface area (Å²) in [5.74, 6) is 0.626. The minimum Gasteiger partial charge on any atom is -0.423 e. The minimum atomic E-state index is -0.350. The zero-order valence-corrected chi connectivity index (χ0v) is 55.9. The standard InChI is InChI=1S/C86H107NO2/c1-8-13-17-21-25-35-57-85(58-36-26-22-18-14-9-2)79-43-33-31-40-72(79)74-53-49-68(62-81(74)85)87(69-50-54-75-73-41-32-34-44-80(73)86(82(75)63-69,59-37-27-23-19-15-10-3)60-38-28-24-20-16-11-4)83-56-55-77(71-39-29-30-42-76(71)83)84(88)89-70-51-47-66(48-52-70)78-61-67(64(6)7)46-45-65(78)12-5/h29-34,39-56,61-64H,8-28,35-38,57-60H2,1-7H3. The Labute approximate surface area is 538 Å². The fraction of sp³-hybridized carbons (Fsp3) is 0.453.